The van der Waals surface area contributed by atoms with Crippen LogP contribution >= 0.6 is 0 Å². The minimum Gasteiger partial charge on any atom is -0.310 e. The molecule has 0 radical (unpaired) electrons. The highest BCUT2D eigenvalue weighted by molar-refractivity contribution is 6.00. The number of para-hydroxylation sites is 1. The van der Waals surface area contributed by atoms with Crippen LogP contribution in [-0.2, 0) is 28.1 Å². The monoisotopic (exact) mass is 1260 g/mol. The van der Waals surface area contributed by atoms with E-state index in [1.165, 1.54) is 139 Å². The van der Waals surface area contributed by atoms with E-state index in [2.05, 4.69) is 380 Å². The summed E-state index contributed by atoms with van der Waals surface area (Å²) >= 11 is 0. The Kier molecular flexibility index (Phi) is 13.5. The van der Waals surface area contributed by atoms with Crippen molar-refractivity contribution in [2.24, 2.45) is 0 Å². The Morgan fingerprint density at radius 2 is 0.561 bits per heavy atom. The first-order valence-electron chi connectivity index (χ1n) is 34.8. The smallest absolute Gasteiger partial charge is 0.0618 e. The van der Waals surface area contributed by atoms with Crippen LogP contribution in [0.2, 0.25) is 0 Å². The van der Waals surface area contributed by atoms with Gasteiger partial charge < -0.3 is 9.80 Å². The molecular formula is C96H76N2. The maximum absolute atomic E-state index is 2.58. The molecule has 0 heterocycles. The van der Waals surface area contributed by atoms with Crippen molar-refractivity contribution in [3.8, 4) is 89.0 Å². The summed E-state index contributed by atoms with van der Waals surface area (Å²) in [5, 5.41) is 0. The van der Waals surface area contributed by atoms with Crippen LogP contribution in [0.5, 0.6) is 0 Å². The number of hydrogen-bond acceptors (Lipinski definition) is 2. The van der Waals surface area contributed by atoms with E-state index in [1.54, 1.807) is 0 Å². The van der Waals surface area contributed by atoms with Crippen molar-refractivity contribution in [1.29, 1.82) is 0 Å². The molecule has 4 aliphatic carbocycles. The highest BCUT2D eigenvalue weighted by Crippen LogP contribution is 2.59. The van der Waals surface area contributed by atoms with Gasteiger partial charge in [0, 0.05) is 61.1 Å². The predicted octanol–water partition coefficient (Wildman–Crippen LogP) is 25.7. The fraction of sp³-hybridized carbons (Fsp3) is 0.125. The molecule has 0 N–H and O–H groups in total. The van der Waals surface area contributed by atoms with E-state index in [0.29, 0.717) is 0 Å². The lowest BCUT2D eigenvalue weighted by atomic mass is 9.74. The van der Waals surface area contributed by atoms with Crippen molar-refractivity contribution >= 4 is 34.1 Å². The highest BCUT2D eigenvalue weighted by Gasteiger charge is 2.43. The molecule has 0 aliphatic heterocycles. The van der Waals surface area contributed by atoms with E-state index in [9.17, 15) is 0 Å². The molecule has 1 atom stereocenters. The van der Waals surface area contributed by atoms with E-state index in [1.807, 2.05) is 0 Å². The minimum atomic E-state index is -0.382. The lowest BCUT2D eigenvalue weighted by Crippen LogP contribution is -2.24. The van der Waals surface area contributed by atoms with Gasteiger partial charge in [-0.1, -0.05) is 315 Å². The van der Waals surface area contributed by atoms with Gasteiger partial charge in [0.2, 0.25) is 0 Å². The maximum Gasteiger partial charge on any atom is 0.0618 e. The normalized spacial score (nSPS) is 15.6. The number of anilines is 6. The molecule has 98 heavy (non-hydrogen) atoms. The Balaban J connectivity index is 0.779. The average Bonchev–Trinajstić information content (AvgIpc) is 1.55. The second-order valence-electron chi connectivity index (χ2n) is 29.4. The average molecular weight is 1260 g/mol. The van der Waals surface area contributed by atoms with Crippen LogP contribution < -0.4 is 9.80 Å². The predicted molar refractivity (Wildman–Crippen MR) is 412 cm³/mol. The van der Waals surface area contributed by atoms with Crippen molar-refractivity contribution in [2.75, 3.05) is 9.80 Å². The summed E-state index contributed by atoms with van der Waals surface area (Å²) in [5.74, 6) is 0. The molecule has 0 spiro atoms. The molecule has 0 amide bonds. The summed E-state index contributed by atoms with van der Waals surface area (Å²) in [5.41, 5.74) is 37.8. The lowest BCUT2D eigenvalue weighted by Gasteiger charge is -2.33. The SMILES string of the molecule is CC1(C)c2ccccc2-c2ccc(N(c3ccc4c(c3)C(C)(Cc3ccc5c(c3)-c3ccc(N(c6ccc7c(c6)C(C)(C)c6ccccc6-7)c6c(-c7ccccc7)cccc6-c6ccccc6)cc3C5(C)C)c3ccccc3-4)c3cc(-c4ccccc4)ccc3-c3ccccc3)cc21. The van der Waals surface area contributed by atoms with Crippen LogP contribution in [0.25, 0.3) is 89.0 Å². The summed E-state index contributed by atoms with van der Waals surface area (Å²) in [7, 11) is 0. The van der Waals surface area contributed by atoms with Gasteiger partial charge in [-0.25, -0.2) is 0 Å². The van der Waals surface area contributed by atoms with Crippen molar-refractivity contribution in [3.05, 3.63) is 372 Å². The van der Waals surface area contributed by atoms with Crippen LogP contribution in [0.15, 0.2) is 322 Å². The van der Waals surface area contributed by atoms with E-state index in [4.69, 9.17) is 0 Å². The zero-order valence-electron chi connectivity index (χ0n) is 56.7. The molecule has 0 aromatic heterocycles. The third-order valence-electron chi connectivity index (χ3n) is 22.7. The van der Waals surface area contributed by atoms with Crippen LogP contribution in [0.3, 0.4) is 0 Å². The van der Waals surface area contributed by atoms with Crippen molar-refractivity contribution in [2.45, 2.75) is 76.5 Å². The van der Waals surface area contributed by atoms with Crippen molar-refractivity contribution in [3.63, 3.8) is 0 Å². The fourth-order valence-corrected chi connectivity index (χ4v) is 17.7. The molecule has 0 saturated heterocycles. The van der Waals surface area contributed by atoms with Crippen LogP contribution in [0.4, 0.5) is 34.1 Å². The Morgan fingerprint density at radius 1 is 0.214 bits per heavy atom. The van der Waals surface area contributed by atoms with Crippen molar-refractivity contribution in [1.82, 2.24) is 0 Å². The summed E-state index contributed by atoms with van der Waals surface area (Å²) in [6.45, 7) is 16.9. The van der Waals surface area contributed by atoms with Gasteiger partial charge in [0.05, 0.1) is 11.4 Å². The second-order valence-corrected chi connectivity index (χ2v) is 29.4. The fourth-order valence-electron chi connectivity index (χ4n) is 17.7. The molecule has 4 aliphatic rings. The van der Waals surface area contributed by atoms with Crippen LogP contribution in [-0.4, -0.2) is 0 Å². The first-order valence-corrected chi connectivity index (χ1v) is 34.8. The molecule has 14 aromatic carbocycles. The first-order chi connectivity index (χ1) is 47.7. The summed E-state index contributed by atoms with van der Waals surface area (Å²) in [4.78, 5) is 5.14. The standard InChI is InChI=1S/C96H76N2/c1-93(2)83-40-23-20-35-75(83)78-50-45-68(57-87(78)93)97(91-56-67(63-27-12-8-13-28-63)44-49-72(91)64-29-14-9-15-30-64)69-46-52-80-77-37-22-25-42-86(77)96(7,90(80)60-69)61-62-43-54-85-82(55-62)81-53-48-71(59-89(81)95(85,5)6)98(70-47-51-79-76-36-21-24-41-84(76)94(3,4)88(79)58-70)92-73(65-31-16-10-17-32-65)38-26-39-74(92)66-33-18-11-19-34-66/h8-60H,61H2,1-7H3. The van der Waals surface area contributed by atoms with Gasteiger partial charge >= 0.3 is 0 Å². The molecule has 18 rings (SSSR count). The zero-order chi connectivity index (χ0) is 66.2. The van der Waals surface area contributed by atoms with E-state index >= 15 is 0 Å². The highest BCUT2D eigenvalue weighted by atomic mass is 15.2. The topological polar surface area (TPSA) is 6.48 Å². The Bertz CT molecular complexity index is 5460. The van der Waals surface area contributed by atoms with E-state index < -0.39 is 0 Å². The molecule has 14 aromatic rings. The molecule has 2 heteroatoms. The molecule has 0 bridgehead atoms. The molecule has 470 valence electrons. The van der Waals surface area contributed by atoms with Gasteiger partial charge in [0.1, 0.15) is 0 Å². The third-order valence-corrected chi connectivity index (χ3v) is 22.7. The van der Waals surface area contributed by atoms with Crippen LogP contribution in [0.1, 0.15) is 98.5 Å². The Labute approximate surface area is 577 Å². The summed E-state index contributed by atoms with van der Waals surface area (Å²) in [6.07, 6.45) is 0.816. The minimum absolute atomic E-state index is 0.188. The molecule has 2 nitrogen and oxygen atoms in total. The largest absolute Gasteiger partial charge is 0.310 e. The van der Waals surface area contributed by atoms with E-state index in [0.717, 1.165) is 40.5 Å². The van der Waals surface area contributed by atoms with Crippen molar-refractivity contribution < 1.29 is 0 Å². The number of benzene rings is 14. The molecule has 0 fully saturated rings. The summed E-state index contributed by atoms with van der Waals surface area (Å²) in [6, 6.07) is 121. The van der Waals surface area contributed by atoms with Crippen LogP contribution in [0, 0.1) is 0 Å². The second kappa shape index (κ2) is 22.4. The zero-order valence-corrected chi connectivity index (χ0v) is 56.7. The van der Waals surface area contributed by atoms with Gasteiger partial charge in [0.25, 0.3) is 0 Å². The van der Waals surface area contributed by atoms with Gasteiger partial charge in [-0.2, -0.15) is 0 Å². The number of hydrogen-bond donors (Lipinski definition) is 0. The third kappa shape index (κ3) is 9.14. The maximum atomic E-state index is 2.58. The molecular weight excluding hydrogens is 1180 g/mol. The van der Waals surface area contributed by atoms with Gasteiger partial charge in [0.15, 0.2) is 0 Å². The van der Waals surface area contributed by atoms with Gasteiger partial charge in [-0.3, -0.25) is 0 Å². The van der Waals surface area contributed by atoms with E-state index in [-0.39, 0.29) is 21.7 Å². The Morgan fingerprint density at radius 3 is 1.05 bits per heavy atom. The summed E-state index contributed by atoms with van der Waals surface area (Å²) < 4.78 is 0. The number of nitrogens with zero attached hydrogens (tertiary/aromatic N) is 2. The van der Waals surface area contributed by atoms with Gasteiger partial charge in [-0.15, -0.1) is 0 Å². The van der Waals surface area contributed by atoms with Gasteiger partial charge in [-0.05, 0) is 183 Å². The molecule has 0 saturated carbocycles. The lowest BCUT2D eigenvalue weighted by molar-refractivity contribution is 0.582. The first kappa shape index (κ1) is 59.2. The molecule has 1 unspecified atom stereocenters. The quantitative estimate of drug-likeness (QED) is 0.120. The number of fused-ring (bicyclic) bond motifs is 12. The number of rotatable bonds is 12. The Hall–Kier alpha value is -11.3.